The second-order valence-electron chi connectivity index (χ2n) is 4.20. The van der Waals surface area contributed by atoms with Crippen molar-refractivity contribution in [3.63, 3.8) is 0 Å². The molecule has 2 rings (SSSR count). The molecule has 0 aliphatic carbocycles. The molecule has 19 heavy (non-hydrogen) atoms. The Balaban J connectivity index is 1.84. The van der Waals surface area contributed by atoms with E-state index in [0.29, 0.717) is 18.1 Å². The van der Waals surface area contributed by atoms with Crippen molar-refractivity contribution in [3.05, 3.63) is 47.9 Å². The molecule has 1 heterocycles. The summed E-state index contributed by atoms with van der Waals surface area (Å²) in [4.78, 5) is 11.9. The van der Waals surface area contributed by atoms with Crippen LogP contribution >= 0.6 is 0 Å². The van der Waals surface area contributed by atoms with Crippen molar-refractivity contribution >= 4 is 5.91 Å². The van der Waals surface area contributed by atoms with E-state index in [1.165, 1.54) is 0 Å². The van der Waals surface area contributed by atoms with Crippen LogP contribution < -0.4 is 10.1 Å². The zero-order valence-electron chi connectivity index (χ0n) is 10.9. The summed E-state index contributed by atoms with van der Waals surface area (Å²) in [7, 11) is 0. The summed E-state index contributed by atoms with van der Waals surface area (Å²) in [6.07, 6.45) is 1.04. The second-order valence-corrected chi connectivity index (χ2v) is 4.20. The Morgan fingerprint density at radius 2 is 2.16 bits per heavy atom. The highest BCUT2D eigenvalue weighted by Crippen LogP contribution is 2.11. The molecule has 1 amide bonds. The Morgan fingerprint density at radius 1 is 1.42 bits per heavy atom. The van der Waals surface area contributed by atoms with Crippen molar-refractivity contribution < 1.29 is 14.1 Å². The van der Waals surface area contributed by atoms with E-state index in [0.717, 1.165) is 5.56 Å². The molecule has 0 spiro atoms. The molecule has 0 aliphatic heterocycles. The Morgan fingerprint density at radius 3 is 2.79 bits per heavy atom. The normalized spacial score (nSPS) is 11.9. The van der Waals surface area contributed by atoms with Crippen molar-refractivity contribution in [2.24, 2.45) is 0 Å². The standard InChI is InChI=1S/C14H16N2O3/c1-10-12(9-16-19-10)8-15-14(17)11(2)18-13-6-4-3-5-7-13/h3-7,9,11H,8H2,1-2H3,(H,15,17)/t11-/m0/s1. The number of hydrogen-bond donors (Lipinski definition) is 1. The van der Waals surface area contributed by atoms with Crippen molar-refractivity contribution in [1.29, 1.82) is 0 Å². The Bertz CT molecular complexity index is 537. The van der Waals surface area contributed by atoms with E-state index in [1.807, 2.05) is 30.3 Å². The van der Waals surface area contributed by atoms with Crippen molar-refractivity contribution in [1.82, 2.24) is 10.5 Å². The van der Waals surface area contributed by atoms with Gasteiger partial charge in [-0.1, -0.05) is 23.4 Å². The van der Waals surface area contributed by atoms with Gasteiger partial charge in [-0.05, 0) is 26.0 Å². The van der Waals surface area contributed by atoms with Gasteiger partial charge in [-0.3, -0.25) is 4.79 Å². The zero-order chi connectivity index (χ0) is 13.7. The minimum atomic E-state index is -0.553. The number of rotatable bonds is 5. The van der Waals surface area contributed by atoms with Crippen LogP contribution in [0.3, 0.4) is 0 Å². The number of amides is 1. The molecule has 2 aromatic rings. The molecule has 0 radical (unpaired) electrons. The molecule has 0 saturated carbocycles. The molecule has 0 saturated heterocycles. The van der Waals surface area contributed by atoms with Crippen LogP contribution in [-0.4, -0.2) is 17.2 Å². The quantitative estimate of drug-likeness (QED) is 0.893. The summed E-state index contributed by atoms with van der Waals surface area (Å²) in [5.74, 6) is 1.20. The maximum atomic E-state index is 11.9. The minimum Gasteiger partial charge on any atom is -0.481 e. The maximum absolute atomic E-state index is 11.9. The van der Waals surface area contributed by atoms with Crippen LogP contribution in [0, 0.1) is 6.92 Å². The topological polar surface area (TPSA) is 64.4 Å². The van der Waals surface area contributed by atoms with Gasteiger partial charge in [-0.25, -0.2) is 0 Å². The molecule has 0 aliphatic rings. The summed E-state index contributed by atoms with van der Waals surface area (Å²) < 4.78 is 10.4. The lowest BCUT2D eigenvalue weighted by atomic mass is 10.2. The minimum absolute atomic E-state index is 0.176. The summed E-state index contributed by atoms with van der Waals surface area (Å²) in [6.45, 7) is 3.90. The molecule has 0 unspecified atom stereocenters. The molecule has 0 fully saturated rings. The van der Waals surface area contributed by atoms with E-state index < -0.39 is 6.10 Å². The summed E-state index contributed by atoms with van der Waals surface area (Å²) >= 11 is 0. The number of aromatic nitrogens is 1. The van der Waals surface area contributed by atoms with Gasteiger partial charge in [0.1, 0.15) is 11.5 Å². The maximum Gasteiger partial charge on any atom is 0.261 e. The average molecular weight is 260 g/mol. The number of benzene rings is 1. The molecule has 1 atom stereocenters. The number of carbonyl (C=O) groups is 1. The van der Waals surface area contributed by atoms with Gasteiger partial charge in [0, 0.05) is 12.1 Å². The van der Waals surface area contributed by atoms with Gasteiger partial charge >= 0.3 is 0 Å². The van der Waals surface area contributed by atoms with Crippen LogP contribution in [0.5, 0.6) is 5.75 Å². The lowest BCUT2D eigenvalue weighted by molar-refractivity contribution is -0.127. The third-order valence-corrected chi connectivity index (χ3v) is 2.73. The molecule has 100 valence electrons. The van der Waals surface area contributed by atoms with E-state index in [-0.39, 0.29) is 5.91 Å². The fourth-order valence-corrected chi connectivity index (χ4v) is 1.57. The van der Waals surface area contributed by atoms with E-state index in [2.05, 4.69) is 10.5 Å². The summed E-state index contributed by atoms with van der Waals surface area (Å²) in [6, 6.07) is 9.25. The molecule has 5 heteroatoms. The van der Waals surface area contributed by atoms with Crippen LogP contribution in [-0.2, 0) is 11.3 Å². The third-order valence-electron chi connectivity index (χ3n) is 2.73. The first kappa shape index (κ1) is 13.1. The Labute approximate surface area is 111 Å². The van der Waals surface area contributed by atoms with Crippen LogP contribution in [0.4, 0.5) is 0 Å². The SMILES string of the molecule is Cc1oncc1CNC(=O)[C@H](C)Oc1ccccc1. The molecule has 0 bridgehead atoms. The van der Waals surface area contributed by atoms with E-state index in [1.54, 1.807) is 20.0 Å². The number of aryl methyl sites for hydroxylation is 1. The number of ether oxygens (including phenoxy) is 1. The number of hydrogen-bond acceptors (Lipinski definition) is 4. The lowest BCUT2D eigenvalue weighted by Gasteiger charge is -2.14. The van der Waals surface area contributed by atoms with Gasteiger partial charge in [0.05, 0.1) is 6.20 Å². The van der Waals surface area contributed by atoms with Crippen LogP contribution in [0.25, 0.3) is 0 Å². The molecular weight excluding hydrogens is 244 g/mol. The molecule has 1 aromatic carbocycles. The predicted octanol–water partition coefficient (Wildman–Crippen LogP) is 2.07. The molecule has 1 aromatic heterocycles. The third kappa shape index (κ3) is 3.58. The largest absolute Gasteiger partial charge is 0.481 e. The highest BCUT2D eigenvalue weighted by Gasteiger charge is 2.15. The van der Waals surface area contributed by atoms with Gasteiger partial charge in [-0.2, -0.15) is 0 Å². The van der Waals surface area contributed by atoms with E-state index >= 15 is 0 Å². The molecule has 5 nitrogen and oxygen atoms in total. The van der Waals surface area contributed by atoms with Gasteiger partial charge in [0.15, 0.2) is 6.10 Å². The van der Waals surface area contributed by atoms with Crippen LogP contribution in [0.1, 0.15) is 18.2 Å². The average Bonchev–Trinajstić information content (AvgIpc) is 2.82. The van der Waals surface area contributed by atoms with Gasteiger partial charge in [0.2, 0.25) is 0 Å². The molecular formula is C14H16N2O3. The number of para-hydroxylation sites is 1. The number of nitrogens with one attached hydrogen (secondary N) is 1. The van der Waals surface area contributed by atoms with Crippen molar-refractivity contribution in [3.8, 4) is 5.75 Å². The second kappa shape index (κ2) is 6.04. The lowest BCUT2D eigenvalue weighted by Crippen LogP contribution is -2.35. The first-order valence-corrected chi connectivity index (χ1v) is 6.06. The van der Waals surface area contributed by atoms with Crippen LogP contribution in [0.15, 0.2) is 41.1 Å². The monoisotopic (exact) mass is 260 g/mol. The highest BCUT2D eigenvalue weighted by molar-refractivity contribution is 5.80. The van der Waals surface area contributed by atoms with Crippen molar-refractivity contribution in [2.75, 3.05) is 0 Å². The fraction of sp³-hybridized carbons (Fsp3) is 0.286. The molecule has 1 N–H and O–H groups in total. The van der Waals surface area contributed by atoms with Crippen LogP contribution in [0.2, 0.25) is 0 Å². The van der Waals surface area contributed by atoms with E-state index in [4.69, 9.17) is 9.26 Å². The Hall–Kier alpha value is -2.30. The first-order chi connectivity index (χ1) is 9.16. The zero-order valence-corrected chi connectivity index (χ0v) is 10.9. The smallest absolute Gasteiger partial charge is 0.261 e. The fourth-order valence-electron chi connectivity index (χ4n) is 1.57. The van der Waals surface area contributed by atoms with Gasteiger partial charge in [0.25, 0.3) is 5.91 Å². The van der Waals surface area contributed by atoms with E-state index in [9.17, 15) is 4.79 Å². The summed E-state index contributed by atoms with van der Waals surface area (Å²) in [5.41, 5.74) is 0.861. The van der Waals surface area contributed by atoms with Gasteiger partial charge in [-0.15, -0.1) is 0 Å². The number of carbonyl (C=O) groups excluding carboxylic acids is 1. The van der Waals surface area contributed by atoms with Crippen molar-refractivity contribution in [2.45, 2.75) is 26.5 Å². The predicted molar refractivity (Wildman–Crippen MR) is 69.6 cm³/mol. The first-order valence-electron chi connectivity index (χ1n) is 6.06. The van der Waals surface area contributed by atoms with Gasteiger partial charge < -0.3 is 14.6 Å². The highest BCUT2D eigenvalue weighted by atomic mass is 16.5. The summed E-state index contributed by atoms with van der Waals surface area (Å²) in [5, 5.41) is 6.44. The number of nitrogens with zero attached hydrogens (tertiary/aromatic N) is 1. The Kier molecular flexibility index (Phi) is 4.18.